The molecule has 240 valence electrons. The number of rotatable bonds is 14. The van der Waals surface area contributed by atoms with Crippen LogP contribution in [-0.4, -0.2) is 56.5 Å². The smallest absolute Gasteiger partial charge is 0.234 e. The molecule has 2 aromatic heterocycles. The highest BCUT2D eigenvalue weighted by molar-refractivity contribution is 8.00. The predicted octanol–water partition coefficient (Wildman–Crippen LogP) is 7.85. The molecule has 2 amide bonds. The molecular weight excluding hydrogens is 653 g/mol. The number of anilines is 2. The van der Waals surface area contributed by atoms with E-state index in [2.05, 4.69) is 30.6 Å². The molecule has 0 spiro atoms. The summed E-state index contributed by atoms with van der Waals surface area (Å²) in [6.07, 6.45) is 0. The number of benzene rings is 4. The van der Waals surface area contributed by atoms with Crippen LogP contribution in [0, 0.1) is 0 Å². The lowest BCUT2D eigenvalue weighted by Crippen LogP contribution is -2.14. The molecule has 47 heavy (non-hydrogen) atoms. The van der Waals surface area contributed by atoms with E-state index in [1.807, 2.05) is 98.8 Å². The van der Waals surface area contributed by atoms with Crippen molar-refractivity contribution >= 4 is 80.5 Å². The number of nitrogens with one attached hydrogen (secondary N) is 4. The molecule has 6 aromatic rings. The predicted molar refractivity (Wildman–Crippen MR) is 190 cm³/mol. The molecule has 0 fully saturated rings. The number of H-pyrrole nitrogens is 2. The summed E-state index contributed by atoms with van der Waals surface area (Å²) >= 11 is 4.29. The van der Waals surface area contributed by atoms with Gasteiger partial charge in [-0.25, -0.2) is 9.97 Å². The van der Waals surface area contributed by atoms with Crippen LogP contribution in [0.4, 0.5) is 11.4 Å². The molecule has 13 heteroatoms. The minimum atomic E-state index is -0.115. The largest absolute Gasteiger partial charge is 0.494 e. The lowest BCUT2D eigenvalue weighted by atomic mass is 10.3. The molecule has 10 nitrogen and oxygen atoms in total. The molecule has 0 saturated heterocycles. The van der Waals surface area contributed by atoms with Gasteiger partial charge in [0.25, 0.3) is 0 Å². The Kier molecular flexibility index (Phi) is 10.6. The summed E-state index contributed by atoms with van der Waals surface area (Å²) < 4.78 is 11.1. The van der Waals surface area contributed by atoms with E-state index in [-0.39, 0.29) is 23.3 Å². The van der Waals surface area contributed by atoms with E-state index in [9.17, 15) is 9.59 Å². The maximum atomic E-state index is 12.6. The zero-order chi connectivity index (χ0) is 32.6. The van der Waals surface area contributed by atoms with Gasteiger partial charge in [0.05, 0.1) is 46.8 Å². The Labute approximate surface area is 284 Å². The van der Waals surface area contributed by atoms with Crippen molar-refractivity contribution in [1.29, 1.82) is 0 Å². The number of nitrogens with zero attached hydrogens (tertiary/aromatic N) is 2. The number of thioether (sulfide) groups is 2. The highest BCUT2D eigenvalue weighted by Crippen LogP contribution is 2.30. The van der Waals surface area contributed by atoms with Crippen LogP contribution in [0.1, 0.15) is 13.8 Å². The van der Waals surface area contributed by atoms with E-state index in [0.717, 1.165) is 54.7 Å². The van der Waals surface area contributed by atoms with Gasteiger partial charge in [-0.3, -0.25) is 9.59 Å². The van der Waals surface area contributed by atoms with Crippen molar-refractivity contribution in [2.75, 3.05) is 35.4 Å². The number of imidazole rings is 2. The van der Waals surface area contributed by atoms with Crippen LogP contribution in [0.2, 0.25) is 0 Å². The number of hydrogen-bond donors (Lipinski definition) is 4. The molecule has 2 heterocycles. The number of carbonyl (C=O) groups excluding carboxylic acids is 2. The van der Waals surface area contributed by atoms with Gasteiger partial charge in [0.15, 0.2) is 10.3 Å². The summed E-state index contributed by atoms with van der Waals surface area (Å²) in [5.74, 6) is 1.79. The van der Waals surface area contributed by atoms with Crippen molar-refractivity contribution < 1.29 is 19.1 Å². The Hall–Kier alpha value is -4.59. The molecule has 6 rings (SSSR count). The molecule has 0 radical (unpaired) electrons. The van der Waals surface area contributed by atoms with Crippen LogP contribution in [0.15, 0.2) is 105 Å². The van der Waals surface area contributed by atoms with E-state index in [1.54, 1.807) is 11.8 Å². The normalized spacial score (nSPS) is 11.1. The molecule has 0 aliphatic carbocycles. The summed E-state index contributed by atoms with van der Waals surface area (Å²) in [5, 5.41) is 7.24. The first-order valence-electron chi connectivity index (χ1n) is 14.9. The van der Waals surface area contributed by atoms with Gasteiger partial charge in [-0.2, -0.15) is 0 Å². The second kappa shape index (κ2) is 15.3. The van der Waals surface area contributed by atoms with Crippen LogP contribution in [0.5, 0.6) is 11.5 Å². The molecule has 0 bridgehead atoms. The highest BCUT2D eigenvalue weighted by atomic mass is 32.2. The number of aromatic amines is 2. The minimum absolute atomic E-state index is 0.115. The Morgan fingerprint density at radius 1 is 0.638 bits per heavy atom. The second-order valence-corrected chi connectivity index (χ2v) is 13.2. The van der Waals surface area contributed by atoms with Gasteiger partial charge in [-0.1, -0.05) is 35.3 Å². The first-order chi connectivity index (χ1) is 22.9. The summed E-state index contributed by atoms with van der Waals surface area (Å²) in [6.45, 7) is 5.08. The second-order valence-electron chi connectivity index (χ2n) is 10.1. The van der Waals surface area contributed by atoms with Gasteiger partial charge in [-0.05, 0) is 86.6 Å². The minimum Gasteiger partial charge on any atom is -0.494 e. The number of amides is 2. The third-order valence-corrected chi connectivity index (χ3v) is 9.44. The fourth-order valence-corrected chi connectivity index (χ4v) is 6.78. The number of carbonyl (C=O) groups is 2. The molecule has 0 aliphatic rings. The number of ether oxygens (including phenoxy) is 2. The summed E-state index contributed by atoms with van der Waals surface area (Å²) in [4.78, 5) is 42.7. The van der Waals surface area contributed by atoms with Crippen LogP contribution in [0.25, 0.3) is 22.1 Å². The van der Waals surface area contributed by atoms with Gasteiger partial charge in [0.2, 0.25) is 11.8 Å². The topological polar surface area (TPSA) is 134 Å². The lowest BCUT2D eigenvalue weighted by molar-refractivity contribution is -0.114. The standard InChI is InChI=1S/C34H32N6O4S3/c1-3-43-23-9-15-27-29(17-23)39-33(37-27)45-19-31(41)35-21-5-11-25(12-6-21)47-26-13-7-22(8-14-26)36-32(42)20-46-34-38-28-16-10-24(44-4-2)18-30(28)40-34/h5-18H,3-4,19-20H2,1-2H3,(H,35,41)(H,36,42)(H,37,39)(H,38,40). The first-order valence-corrected chi connectivity index (χ1v) is 17.7. The quantitative estimate of drug-likeness (QED) is 0.0847. The van der Waals surface area contributed by atoms with Crippen LogP contribution in [0.3, 0.4) is 0 Å². The highest BCUT2D eigenvalue weighted by Gasteiger charge is 2.11. The fraction of sp³-hybridized carbons (Fsp3) is 0.176. The number of fused-ring (bicyclic) bond motifs is 2. The van der Waals surface area contributed by atoms with Crippen molar-refractivity contribution in [3.05, 3.63) is 84.9 Å². The third kappa shape index (κ3) is 8.82. The first kappa shape index (κ1) is 32.4. The SMILES string of the molecule is CCOc1ccc2nc(SCC(=O)Nc3ccc(Sc4ccc(NC(=O)CSc5nc6ccc(OCC)cc6[nH]5)cc4)cc3)[nH]c2c1. The van der Waals surface area contributed by atoms with Crippen LogP contribution < -0.4 is 20.1 Å². The van der Waals surface area contributed by atoms with Crippen LogP contribution >= 0.6 is 35.3 Å². The molecule has 4 aromatic carbocycles. The fourth-order valence-electron chi connectivity index (χ4n) is 4.59. The maximum Gasteiger partial charge on any atom is 0.234 e. The summed E-state index contributed by atoms with van der Waals surface area (Å²) in [5.41, 5.74) is 4.85. The van der Waals surface area contributed by atoms with Gasteiger partial charge < -0.3 is 30.1 Å². The van der Waals surface area contributed by atoms with Crippen molar-refractivity contribution in [2.24, 2.45) is 0 Å². The molecular formula is C34H32N6O4S3. The molecule has 0 aliphatic heterocycles. The zero-order valence-corrected chi connectivity index (χ0v) is 28.1. The summed E-state index contributed by atoms with van der Waals surface area (Å²) in [6, 6.07) is 26.8. The van der Waals surface area contributed by atoms with Crippen molar-refractivity contribution in [1.82, 2.24) is 19.9 Å². The summed E-state index contributed by atoms with van der Waals surface area (Å²) in [7, 11) is 0. The Balaban J connectivity index is 0.937. The van der Waals surface area contributed by atoms with E-state index < -0.39 is 0 Å². The Morgan fingerprint density at radius 3 is 1.47 bits per heavy atom. The molecule has 0 atom stereocenters. The van der Waals surface area contributed by atoms with Crippen molar-refractivity contribution in [2.45, 2.75) is 34.0 Å². The Bertz CT molecular complexity index is 1850. The molecule has 4 N–H and O–H groups in total. The van der Waals surface area contributed by atoms with Crippen molar-refractivity contribution in [3.63, 3.8) is 0 Å². The van der Waals surface area contributed by atoms with Crippen molar-refractivity contribution in [3.8, 4) is 11.5 Å². The van der Waals surface area contributed by atoms with E-state index >= 15 is 0 Å². The van der Waals surface area contributed by atoms with Gasteiger partial charge in [0.1, 0.15) is 11.5 Å². The Morgan fingerprint density at radius 2 is 1.06 bits per heavy atom. The molecule has 0 unspecified atom stereocenters. The average Bonchev–Trinajstić information content (AvgIpc) is 3.68. The van der Waals surface area contributed by atoms with Gasteiger partial charge in [0, 0.05) is 33.3 Å². The zero-order valence-electron chi connectivity index (χ0n) is 25.7. The van der Waals surface area contributed by atoms with E-state index in [4.69, 9.17) is 9.47 Å². The third-order valence-electron chi connectivity index (χ3n) is 6.68. The number of aromatic nitrogens is 4. The number of hydrogen-bond acceptors (Lipinski definition) is 9. The van der Waals surface area contributed by atoms with E-state index in [0.29, 0.717) is 23.5 Å². The lowest BCUT2D eigenvalue weighted by Gasteiger charge is -2.08. The average molecular weight is 685 g/mol. The van der Waals surface area contributed by atoms with E-state index in [1.165, 1.54) is 23.5 Å². The monoisotopic (exact) mass is 684 g/mol. The maximum absolute atomic E-state index is 12.6. The van der Waals surface area contributed by atoms with Gasteiger partial charge >= 0.3 is 0 Å². The van der Waals surface area contributed by atoms with Gasteiger partial charge in [-0.15, -0.1) is 0 Å². The molecule has 0 saturated carbocycles. The van der Waals surface area contributed by atoms with Crippen LogP contribution in [-0.2, 0) is 9.59 Å².